The highest BCUT2D eigenvalue weighted by Gasteiger charge is 2.17. The molecule has 1 aliphatic rings. The third-order valence-corrected chi connectivity index (χ3v) is 4.16. The number of fused-ring (bicyclic) bond motifs is 1. The van der Waals surface area contributed by atoms with E-state index in [0.29, 0.717) is 12.5 Å². The summed E-state index contributed by atoms with van der Waals surface area (Å²) in [6.07, 6.45) is 4.22. The van der Waals surface area contributed by atoms with Gasteiger partial charge in [-0.15, -0.1) is 0 Å². The van der Waals surface area contributed by atoms with Crippen LogP contribution < -0.4 is 5.32 Å². The monoisotopic (exact) mass is 267 g/mol. The molecule has 1 fully saturated rings. The highest BCUT2D eigenvalue weighted by molar-refractivity contribution is 6.00. The Bertz CT molecular complexity index is 626. The summed E-state index contributed by atoms with van der Waals surface area (Å²) in [6.45, 7) is 3.14. The van der Waals surface area contributed by atoms with Crippen LogP contribution in [0.5, 0.6) is 0 Å². The summed E-state index contributed by atoms with van der Waals surface area (Å²) in [5, 5.41) is 5.80. The van der Waals surface area contributed by atoms with Gasteiger partial charge in [0.05, 0.1) is 0 Å². The lowest BCUT2D eigenvalue weighted by Gasteiger charge is -2.22. The first-order valence-electron chi connectivity index (χ1n) is 7.49. The number of piperidine rings is 1. The van der Waals surface area contributed by atoms with Gasteiger partial charge in [-0.25, -0.2) is 0 Å². The molecule has 3 rings (SSSR count). The van der Waals surface area contributed by atoms with E-state index >= 15 is 0 Å². The molecule has 0 saturated carbocycles. The van der Waals surface area contributed by atoms with Crippen molar-refractivity contribution in [2.24, 2.45) is 0 Å². The van der Waals surface area contributed by atoms with Crippen molar-refractivity contribution in [1.82, 2.24) is 5.32 Å². The Labute approximate surface area is 120 Å². The van der Waals surface area contributed by atoms with Gasteiger partial charge in [-0.05, 0) is 43.1 Å². The Kier molecular flexibility index (Phi) is 3.83. The molecule has 1 unspecified atom stereocenters. The zero-order valence-corrected chi connectivity index (χ0v) is 12.0. The lowest BCUT2D eigenvalue weighted by molar-refractivity contribution is 0.0964. The van der Waals surface area contributed by atoms with Gasteiger partial charge in [0.15, 0.2) is 5.78 Å². The Hall–Kier alpha value is -1.67. The molecule has 0 spiro atoms. The minimum atomic E-state index is 0.256. The molecule has 2 nitrogen and oxygen atoms in total. The molecular weight excluding hydrogens is 246 g/mol. The molecular formula is C18H21NO. The predicted molar refractivity (Wildman–Crippen MR) is 83.3 cm³/mol. The zero-order chi connectivity index (χ0) is 13.9. The lowest BCUT2D eigenvalue weighted by Crippen LogP contribution is -2.35. The van der Waals surface area contributed by atoms with Crippen LogP contribution in [0.15, 0.2) is 36.4 Å². The van der Waals surface area contributed by atoms with Gasteiger partial charge in [-0.3, -0.25) is 4.79 Å². The van der Waals surface area contributed by atoms with Gasteiger partial charge in [0.2, 0.25) is 0 Å². The van der Waals surface area contributed by atoms with Crippen molar-refractivity contribution in [2.75, 3.05) is 6.54 Å². The van der Waals surface area contributed by atoms with E-state index in [1.165, 1.54) is 23.8 Å². The highest BCUT2D eigenvalue weighted by atomic mass is 16.1. The summed E-state index contributed by atoms with van der Waals surface area (Å²) in [6, 6.07) is 12.8. The van der Waals surface area contributed by atoms with Gasteiger partial charge < -0.3 is 5.32 Å². The molecule has 20 heavy (non-hydrogen) atoms. The van der Waals surface area contributed by atoms with Crippen molar-refractivity contribution >= 4 is 16.6 Å². The lowest BCUT2D eigenvalue weighted by atomic mass is 9.95. The van der Waals surface area contributed by atoms with Crippen LogP contribution in [0, 0.1) is 6.92 Å². The minimum absolute atomic E-state index is 0.256. The van der Waals surface area contributed by atoms with Crippen molar-refractivity contribution in [2.45, 2.75) is 38.6 Å². The van der Waals surface area contributed by atoms with Crippen LogP contribution in [0.25, 0.3) is 10.8 Å². The second-order valence-corrected chi connectivity index (χ2v) is 5.84. The summed E-state index contributed by atoms with van der Waals surface area (Å²) in [5.74, 6) is 0.256. The molecule has 0 amide bonds. The third-order valence-electron chi connectivity index (χ3n) is 4.16. The Morgan fingerprint density at radius 2 is 1.95 bits per heavy atom. The molecule has 0 aliphatic carbocycles. The number of carbonyl (C=O) groups excluding carboxylic acids is 1. The summed E-state index contributed by atoms with van der Waals surface area (Å²) < 4.78 is 0. The van der Waals surface area contributed by atoms with Gasteiger partial charge >= 0.3 is 0 Å². The summed E-state index contributed by atoms with van der Waals surface area (Å²) in [7, 11) is 0. The van der Waals surface area contributed by atoms with Crippen LogP contribution in [-0.4, -0.2) is 18.4 Å². The van der Waals surface area contributed by atoms with E-state index in [1.807, 2.05) is 12.1 Å². The number of nitrogens with one attached hydrogen (secondary N) is 1. The maximum absolute atomic E-state index is 12.4. The van der Waals surface area contributed by atoms with Crippen molar-refractivity contribution in [3.05, 3.63) is 47.5 Å². The molecule has 1 saturated heterocycles. The van der Waals surface area contributed by atoms with E-state index in [2.05, 4.69) is 36.5 Å². The van der Waals surface area contributed by atoms with Crippen molar-refractivity contribution in [3.8, 4) is 0 Å². The molecule has 1 atom stereocenters. The van der Waals surface area contributed by atoms with Gasteiger partial charge in [0, 0.05) is 18.0 Å². The molecule has 0 bridgehead atoms. The van der Waals surface area contributed by atoms with Crippen molar-refractivity contribution in [3.63, 3.8) is 0 Å². The normalized spacial score (nSPS) is 19.1. The fourth-order valence-electron chi connectivity index (χ4n) is 2.98. The first-order valence-corrected chi connectivity index (χ1v) is 7.49. The molecule has 1 heterocycles. The Morgan fingerprint density at radius 3 is 2.75 bits per heavy atom. The third kappa shape index (κ3) is 2.91. The van der Waals surface area contributed by atoms with Crippen LogP contribution >= 0.6 is 0 Å². The predicted octanol–water partition coefficient (Wildman–Crippen LogP) is 3.86. The average molecular weight is 267 g/mol. The molecule has 2 heteroatoms. The van der Waals surface area contributed by atoms with E-state index in [1.54, 1.807) is 0 Å². The van der Waals surface area contributed by atoms with E-state index < -0.39 is 0 Å². The van der Waals surface area contributed by atoms with Crippen LogP contribution in [0.3, 0.4) is 0 Å². The molecule has 2 aromatic rings. The number of rotatable bonds is 3. The highest BCUT2D eigenvalue weighted by Crippen LogP contribution is 2.20. The van der Waals surface area contributed by atoms with E-state index in [9.17, 15) is 4.79 Å². The molecule has 104 valence electrons. The van der Waals surface area contributed by atoms with Crippen LogP contribution in [-0.2, 0) is 0 Å². The van der Waals surface area contributed by atoms with Crippen LogP contribution in [0.4, 0.5) is 0 Å². The fraction of sp³-hybridized carbons (Fsp3) is 0.389. The van der Waals surface area contributed by atoms with Crippen LogP contribution in [0.2, 0.25) is 0 Å². The number of carbonyl (C=O) groups is 1. The molecule has 0 radical (unpaired) electrons. The zero-order valence-electron chi connectivity index (χ0n) is 12.0. The molecule has 1 aliphatic heterocycles. The van der Waals surface area contributed by atoms with Gasteiger partial charge in [0.25, 0.3) is 0 Å². The smallest absolute Gasteiger partial charge is 0.164 e. The number of benzene rings is 2. The van der Waals surface area contributed by atoms with Gasteiger partial charge in [-0.1, -0.05) is 42.3 Å². The average Bonchev–Trinajstić information content (AvgIpc) is 2.47. The second kappa shape index (κ2) is 5.76. The fourth-order valence-corrected chi connectivity index (χ4v) is 2.98. The second-order valence-electron chi connectivity index (χ2n) is 5.84. The minimum Gasteiger partial charge on any atom is -0.314 e. The topological polar surface area (TPSA) is 29.1 Å². The first-order chi connectivity index (χ1) is 9.72. The maximum atomic E-state index is 12.4. The summed E-state index contributed by atoms with van der Waals surface area (Å²) in [4.78, 5) is 12.4. The first kappa shape index (κ1) is 13.3. The standard InChI is InChI=1S/C18H21NO/c1-13-5-6-15-11-16(8-7-14(15)10-13)18(20)12-17-4-2-3-9-19-17/h5-8,10-11,17,19H,2-4,9,12H2,1H3. The maximum Gasteiger partial charge on any atom is 0.164 e. The summed E-state index contributed by atoms with van der Waals surface area (Å²) >= 11 is 0. The number of aryl methyl sites for hydroxylation is 1. The van der Waals surface area contributed by atoms with Gasteiger partial charge in [-0.2, -0.15) is 0 Å². The van der Waals surface area contributed by atoms with E-state index in [-0.39, 0.29) is 5.78 Å². The molecule has 2 aromatic carbocycles. The number of hydrogen-bond acceptors (Lipinski definition) is 2. The van der Waals surface area contributed by atoms with E-state index in [0.717, 1.165) is 23.9 Å². The van der Waals surface area contributed by atoms with Crippen molar-refractivity contribution < 1.29 is 4.79 Å². The van der Waals surface area contributed by atoms with E-state index in [4.69, 9.17) is 0 Å². The number of Topliss-reactive ketones (excluding diaryl/α,β-unsaturated/α-hetero) is 1. The SMILES string of the molecule is Cc1ccc2cc(C(=O)CC3CCCCN3)ccc2c1. The quantitative estimate of drug-likeness (QED) is 0.855. The number of hydrogen-bond donors (Lipinski definition) is 1. The molecule has 0 aromatic heterocycles. The van der Waals surface area contributed by atoms with Crippen LogP contribution in [0.1, 0.15) is 41.6 Å². The van der Waals surface area contributed by atoms with Gasteiger partial charge in [0.1, 0.15) is 0 Å². The Balaban J connectivity index is 1.78. The number of ketones is 1. The largest absolute Gasteiger partial charge is 0.314 e. The van der Waals surface area contributed by atoms with Crippen molar-refractivity contribution in [1.29, 1.82) is 0 Å². The summed E-state index contributed by atoms with van der Waals surface area (Å²) in [5.41, 5.74) is 2.09. The molecule has 1 N–H and O–H groups in total. The Morgan fingerprint density at radius 1 is 1.15 bits per heavy atom.